The summed E-state index contributed by atoms with van der Waals surface area (Å²) in [7, 11) is 0. The van der Waals surface area contributed by atoms with E-state index in [-0.39, 0.29) is 34.1 Å². The number of fused-ring (bicyclic) bond motifs is 2. The molecule has 0 amide bonds. The summed E-state index contributed by atoms with van der Waals surface area (Å²) >= 11 is 0. The quantitative estimate of drug-likeness (QED) is 0.347. The Labute approximate surface area is 213 Å². The molecule has 2 spiro atoms. The Hall–Kier alpha value is -1.25. The molecule has 5 fully saturated rings. The van der Waals surface area contributed by atoms with Gasteiger partial charge in [-0.2, -0.15) is 0 Å². The summed E-state index contributed by atoms with van der Waals surface area (Å²) in [6.45, 7) is 7.07. The van der Waals surface area contributed by atoms with Crippen molar-refractivity contribution in [3.05, 3.63) is 23.3 Å². The summed E-state index contributed by atoms with van der Waals surface area (Å²) in [6, 6.07) is 0. The number of cyclic esters (lactones) is 1. The fourth-order valence-electron chi connectivity index (χ4n) is 9.78. The van der Waals surface area contributed by atoms with E-state index in [1.54, 1.807) is 13.0 Å². The maximum absolute atomic E-state index is 11.8. The second kappa shape index (κ2) is 7.66. The Morgan fingerprint density at radius 2 is 1.92 bits per heavy atom. The van der Waals surface area contributed by atoms with Crippen molar-refractivity contribution in [1.82, 2.24) is 0 Å². The number of ether oxygens (including phenoxy) is 4. The highest BCUT2D eigenvalue weighted by Gasteiger charge is 2.85. The van der Waals surface area contributed by atoms with E-state index in [2.05, 4.69) is 19.9 Å². The van der Waals surface area contributed by atoms with Crippen LogP contribution in [0.4, 0.5) is 0 Å². The fourth-order valence-corrected chi connectivity index (χ4v) is 9.78. The van der Waals surface area contributed by atoms with Crippen LogP contribution < -0.4 is 0 Å². The maximum atomic E-state index is 11.8. The molecule has 2 saturated heterocycles. The second-order valence-electron chi connectivity index (χ2n) is 13.2. The van der Waals surface area contributed by atoms with Gasteiger partial charge in [-0.1, -0.05) is 19.9 Å². The van der Waals surface area contributed by atoms with Crippen LogP contribution in [-0.4, -0.2) is 64.7 Å². The predicted octanol–water partition coefficient (Wildman–Crippen LogP) is 3.57. The predicted molar refractivity (Wildman–Crippen MR) is 130 cm³/mol. The molecule has 3 heterocycles. The van der Waals surface area contributed by atoms with Crippen molar-refractivity contribution in [2.24, 2.45) is 22.7 Å². The number of carbonyl (C=O) groups is 1. The first-order valence-corrected chi connectivity index (χ1v) is 14.1. The topological polar surface area (TPSA) is 97.8 Å². The van der Waals surface area contributed by atoms with Crippen molar-refractivity contribution in [2.45, 2.75) is 120 Å². The monoisotopic (exact) mass is 500 g/mol. The maximum Gasteiger partial charge on any atom is 0.331 e. The molecule has 7 rings (SSSR count). The van der Waals surface area contributed by atoms with Gasteiger partial charge in [0, 0.05) is 23.5 Å². The van der Waals surface area contributed by atoms with Crippen molar-refractivity contribution in [3.63, 3.8) is 0 Å². The van der Waals surface area contributed by atoms with E-state index in [1.165, 1.54) is 5.57 Å². The van der Waals surface area contributed by atoms with E-state index in [9.17, 15) is 15.0 Å². The average Bonchev–Trinajstić information content (AvgIpc) is 3.14. The Morgan fingerprint density at radius 1 is 1.08 bits per heavy atom. The molecule has 36 heavy (non-hydrogen) atoms. The van der Waals surface area contributed by atoms with Crippen molar-refractivity contribution >= 4 is 5.97 Å². The minimum Gasteiger partial charge on any atom is -0.458 e. The molecule has 7 nitrogen and oxygen atoms in total. The largest absolute Gasteiger partial charge is 0.458 e. The number of hydrogen-bond donors (Lipinski definition) is 2. The molecule has 11 atom stereocenters. The normalized spacial score (nSPS) is 55.5. The number of carbonyl (C=O) groups excluding carboxylic acids is 1. The second-order valence-corrected chi connectivity index (χ2v) is 13.2. The molecule has 0 aromatic rings. The molecule has 0 bridgehead atoms. The van der Waals surface area contributed by atoms with E-state index < -0.39 is 24.6 Å². The number of rotatable bonds is 3. The first kappa shape index (κ1) is 23.8. The summed E-state index contributed by atoms with van der Waals surface area (Å²) in [5.74, 6) is 0.914. The Balaban J connectivity index is 1.07. The molecular formula is C29H40O7. The van der Waals surface area contributed by atoms with Gasteiger partial charge in [-0.3, -0.25) is 0 Å². The third kappa shape index (κ3) is 2.95. The molecule has 7 aliphatic rings. The van der Waals surface area contributed by atoms with Crippen LogP contribution in [-0.2, 0) is 23.7 Å². The van der Waals surface area contributed by atoms with Gasteiger partial charge < -0.3 is 29.2 Å². The molecular weight excluding hydrogens is 460 g/mol. The molecule has 11 unspecified atom stereocenters. The molecule has 0 aromatic heterocycles. The standard InChI is InChI=1S/C29H40O7/c1-16-25(32)21(30)14-24(34-16)35-19-5-8-26(2)18(13-19)4-10-28-22(26)7-9-27(3)20(6-11-29(27,28)36-28)17-12-23(31)33-15-17/h6,12,16,18-19,21-22,24-25,30,32H,4-5,7-11,13-15H2,1-3H3. The van der Waals surface area contributed by atoms with Crippen LogP contribution in [0.5, 0.6) is 0 Å². The van der Waals surface area contributed by atoms with Gasteiger partial charge >= 0.3 is 5.97 Å². The van der Waals surface area contributed by atoms with Crippen LogP contribution in [0.25, 0.3) is 0 Å². The van der Waals surface area contributed by atoms with E-state index in [1.807, 2.05) is 0 Å². The van der Waals surface area contributed by atoms with Crippen molar-refractivity contribution in [3.8, 4) is 0 Å². The van der Waals surface area contributed by atoms with E-state index in [0.717, 1.165) is 56.9 Å². The third-order valence-electron chi connectivity index (χ3n) is 11.7. The molecule has 2 N–H and O–H groups in total. The zero-order valence-corrected chi connectivity index (χ0v) is 21.7. The number of esters is 1. The number of aliphatic hydroxyl groups is 2. The van der Waals surface area contributed by atoms with E-state index in [0.29, 0.717) is 24.9 Å². The summed E-state index contributed by atoms with van der Waals surface area (Å²) in [5.41, 5.74) is 2.35. The van der Waals surface area contributed by atoms with Crippen LogP contribution in [0.3, 0.4) is 0 Å². The minimum absolute atomic E-state index is 0.0484. The molecule has 7 heteroatoms. The molecule has 0 aromatic carbocycles. The lowest BCUT2D eigenvalue weighted by molar-refractivity contribution is -0.268. The Morgan fingerprint density at radius 3 is 2.67 bits per heavy atom. The molecule has 4 aliphatic carbocycles. The summed E-state index contributed by atoms with van der Waals surface area (Å²) in [5, 5.41) is 20.2. The fraction of sp³-hybridized carbons (Fsp3) is 0.828. The van der Waals surface area contributed by atoms with Gasteiger partial charge in [0.25, 0.3) is 0 Å². The van der Waals surface area contributed by atoms with Gasteiger partial charge in [-0.05, 0) is 81.1 Å². The summed E-state index contributed by atoms with van der Waals surface area (Å²) in [4.78, 5) is 11.8. The highest BCUT2D eigenvalue weighted by Crippen LogP contribution is 2.80. The zero-order valence-electron chi connectivity index (χ0n) is 21.7. The van der Waals surface area contributed by atoms with Crippen LogP contribution in [0.1, 0.15) is 78.6 Å². The van der Waals surface area contributed by atoms with Gasteiger partial charge in [0.15, 0.2) is 6.29 Å². The molecule has 3 saturated carbocycles. The zero-order chi connectivity index (χ0) is 25.1. The van der Waals surface area contributed by atoms with Crippen molar-refractivity contribution in [1.29, 1.82) is 0 Å². The lowest BCUT2D eigenvalue weighted by atomic mass is 9.44. The van der Waals surface area contributed by atoms with Gasteiger partial charge in [0.1, 0.15) is 23.9 Å². The molecule has 0 radical (unpaired) electrons. The Kier molecular flexibility index (Phi) is 5.07. The van der Waals surface area contributed by atoms with Crippen LogP contribution in [0, 0.1) is 22.7 Å². The van der Waals surface area contributed by atoms with Gasteiger partial charge in [0.05, 0.1) is 18.3 Å². The van der Waals surface area contributed by atoms with Gasteiger partial charge in [-0.15, -0.1) is 0 Å². The third-order valence-corrected chi connectivity index (χ3v) is 11.7. The van der Waals surface area contributed by atoms with Crippen LogP contribution in [0.2, 0.25) is 0 Å². The number of aliphatic hydroxyl groups excluding tert-OH is 2. The number of hydrogen-bond acceptors (Lipinski definition) is 7. The van der Waals surface area contributed by atoms with Gasteiger partial charge in [-0.25, -0.2) is 4.79 Å². The van der Waals surface area contributed by atoms with Gasteiger partial charge in [0.2, 0.25) is 0 Å². The first-order valence-electron chi connectivity index (χ1n) is 14.1. The van der Waals surface area contributed by atoms with Crippen LogP contribution in [0.15, 0.2) is 23.3 Å². The minimum atomic E-state index is -0.847. The van der Waals surface area contributed by atoms with Crippen molar-refractivity contribution < 1.29 is 34.0 Å². The van der Waals surface area contributed by atoms with E-state index >= 15 is 0 Å². The van der Waals surface area contributed by atoms with Crippen molar-refractivity contribution in [2.75, 3.05) is 6.61 Å². The van der Waals surface area contributed by atoms with E-state index in [4.69, 9.17) is 18.9 Å². The van der Waals surface area contributed by atoms with Crippen LogP contribution >= 0.6 is 0 Å². The SMILES string of the molecule is CC1OC(OC2CCC3(C)C(CCC45OC46CC=C(C4=CC(=O)OC4)C6(C)CCC35)C2)CC(O)C1O. The summed E-state index contributed by atoms with van der Waals surface area (Å²) < 4.78 is 24.5. The highest BCUT2D eigenvalue weighted by atomic mass is 16.7. The lowest BCUT2D eigenvalue weighted by Gasteiger charge is -2.58. The Bertz CT molecular complexity index is 1020. The molecule has 198 valence electrons. The highest BCUT2D eigenvalue weighted by molar-refractivity contribution is 5.87. The molecule has 3 aliphatic heterocycles. The number of epoxide rings is 1. The average molecular weight is 501 g/mol. The summed E-state index contributed by atoms with van der Waals surface area (Å²) in [6.07, 6.45) is 10.5. The first-order chi connectivity index (χ1) is 17.1. The smallest absolute Gasteiger partial charge is 0.331 e. The lowest BCUT2D eigenvalue weighted by Crippen LogP contribution is -2.58.